The summed E-state index contributed by atoms with van der Waals surface area (Å²) in [6, 6.07) is 10.6. The highest BCUT2D eigenvalue weighted by molar-refractivity contribution is 14.1. The number of nitrogens with one attached hydrogen (secondary N) is 1. The van der Waals surface area contributed by atoms with Crippen LogP contribution in [0.2, 0.25) is 0 Å². The summed E-state index contributed by atoms with van der Waals surface area (Å²) in [6.07, 6.45) is 1.48. The van der Waals surface area contributed by atoms with Gasteiger partial charge in [0.25, 0.3) is 5.91 Å². The SMILES string of the molecule is Cc1cccc(CN2C(=O)N/C(=C\c3cc(Br)cc(I)c3O)C2=O)c1. The zero-order valence-electron chi connectivity index (χ0n) is 13.2. The highest BCUT2D eigenvalue weighted by atomic mass is 127. The van der Waals surface area contributed by atoms with Gasteiger partial charge in [0.1, 0.15) is 11.4 Å². The normalized spacial score (nSPS) is 15.8. The van der Waals surface area contributed by atoms with Crippen molar-refractivity contribution in [1.82, 2.24) is 10.2 Å². The number of rotatable bonds is 3. The maximum Gasteiger partial charge on any atom is 0.329 e. The van der Waals surface area contributed by atoms with E-state index in [2.05, 4.69) is 21.2 Å². The molecule has 0 saturated carbocycles. The van der Waals surface area contributed by atoms with E-state index in [0.717, 1.165) is 20.5 Å². The van der Waals surface area contributed by atoms with E-state index in [4.69, 9.17) is 0 Å². The quantitative estimate of drug-likeness (QED) is 0.368. The molecule has 1 heterocycles. The molecule has 1 aliphatic rings. The number of urea groups is 1. The monoisotopic (exact) mass is 512 g/mol. The van der Waals surface area contributed by atoms with Crippen molar-refractivity contribution in [3.8, 4) is 5.75 Å². The van der Waals surface area contributed by atoms with Gasteiger partial charge in [0.05, 0.1) is 10.1 Å². The Bertz CT molecular complexity index is 911. The molecule has 0 atom stereocenters. The highest BCUT2D eigenvalue weighted by Gasteiger charge is 2.33. The summed E-state index contributed by atoms with van der Waals surface area (Å²) < 4.78 is 1.42. The molecule has 5 nitrogen and oxygen atoms in total. The minimum absolute atomic E-state index is 0.0653. The van der Waals surface area contributed by atoms with Gasteiger partial charge in [-0.05, 0) is 53.3 Å². The lowest BCUT2D eigenvalue weighted by Crippen LogP contribution is -2.30. The first-order valence-electron chi connectivity index (χ1n) is 7.43. The molecule has 128 valence electrons. The lowest BCUT2D eigenvalue weighted by Gasteiger charge is -2.12. The number of amides is 3. The number of carbonyl (C=O) groups is 2. The van der Waals surface area contributed by atoms with Crippen molar-refractivity contribution in [1.29, 1.82) is 0 Å². The van der Waals surface area contributed by atoms with E-state index >= 15 is 0 Å². The van der Waals surface area contributed by atoms with Crippen molar-refractivity contribution in [3.63, 3.8) is 0 Å². The van der Waals surface area contributed by atoms with Crippen molar-refractivity contribution >= 4 is 56.5 Å². The van der Waals surface area contributed by atoms with Crippen molar-refractivity contribution < 1.29 is 14.7 Å². The van der Waals surface area contributed by atoms with Gasteiger partial charge < -0.3 is 10.4 Å². The number of hydrogen-bond acceptors (Lipinski definition) is 3. The second-order valence-electron chi connectivity index (χ2n) is 5.69. The minimum atomic E-state index is -0.470. The summed E-state index contributed by atoms with van der Waals surface area (Å²) in [5.41, 5.74) is 2.54. The van der Waals surface area contributed by atoms with Gasteiger partial charge in [0.15, 0.2) is 0 Å². The number of carbonyl (C=O) groups excluding carboxylic acids is 2. The number of imide groups is 1. The van der Waals surface area contributed by atoms with Gasteiger partial charge in [0.2, 0.25) is 0 Å². The summed E-state index contributed by atoms with van der Waals surface area (Å²) in [7, 11) is 0. The molecule has 0 spiro atoms. The zero-order valence-corrected chi connectivity index (χ0v) is 17.0. The number of halogens is 2. The maximum atomic E-state index is 12.6. The van der Waals surface area contributed by atoms with E-state index in [-0.39, 0.29) is 18.0 Å². The lowest BCUT2D eigenvalue weighted by atomic mass is 10.1. The number of phenolic OH excluding ortho intramolecular Hbond substituents is 1. The van der Waals surface area contributed by atoms with E-state index < -0.39 is 11.9 Å². The van der Waals surface area contributed by atoms with Crippen molar-refractivity contribution in [2.75, 3.05) is 0 Å². The van der Waals surface area contributed by atoms with Crippen LogP contribution in [0.25, 0.3) is 6.08 Å². The first-order chi connectivity index (χ1) is 11.8. The third-order valence-electron chi connectivity index (χ3n) is 3.74. The Kier molecular flexibility index (Phi) is 5.14. The molecule has 0 aromatic heterocycles. The topological polar surface area (TPSA) is 69.6 Å². The molecule has 0 aliphatic carbocycles. The summed E-state index contributed by atoms with van der Waals surface area (Å²) in [6.45, 7) is 2.16. The Morgan fingerprint density at radius 3 is 2.76 bits per heavy atom. The molecule has 7 heteroatoms. The third kappa shape index (κ3) is 3.87. The predicted octanol–water partition coefficient (Wildman–Crippen LogP) is 4.16. The van der Waals surface area contributed by atoms with Crippen LogP contribution in [0.3, 0.4) is 0 Å². The second kappa shape index (κ2) is 7.17. The van der Waals surface area contributed by atoms with Crippen LogP contribution < -0.4 is 5.32 Å². The summed E-state index contributed by atoms with van der Waals surface area (Å²) in [4.78, 5) is 25.9. The molecular formula is C18H14BrIN2O3. The molecule has 1 fully saturated rings. The molecule has 25 heavy (non-hydrogen) atoms. The fourth-order valence-electron chi connectivity index (χ4n) is 2.56. The lowest BCUT2D eigenvalue weighted by molar-refractivity contribution is -0.123. The predicted molar refractivity (Wildman–Crippen MR) is 107 cm³/mol. The van der Waals surface area contributed by atoms with Gasteiger partial charge in [-0.1, -0.05) is 45.8 Å². The molecule has 2 aromatic carbocycles. The van der Waals surface area contributed by atoms with E-state index in [1.165, 1.54) is 6.08 Å². The smallest absolute Gasteiger partial charge is 0.329 e. The zero-order chi connectivity index (χ0) is 18.1. The molecule has 0 radical (unpaired) electrons. The van der Waals surface area contributed by atoms with Crippen LogP contribution >= 0.6 is 38.5 Å². The van der Waals surface area contributed by atoms with Gasteiger partial charge in [-0.15, -0.1) is 0 Å². The van der Waals surface area contributed by atoms with Crippen molar-refractivity contribution in [3.05, 3.63) is 66.8 Å². The first-order valence-corrected chi connectivity index (χ1v) is 9.30. The van der Waals surface area contributed by atoms with Crippen LogP contribution in [-0.2, 0) is 11.3 Å². The van der Waals surface area contributed by atoms with Crippen molar-refractivity contribution in [2.45, 2.75) is 13.5 Å². The average molecular weight is 513 g/mol. The summed E-state index contributed by atoms with van der Waals surface area (Å²) in [5, 5.41) is 12.7. The van der Waals surface area contributed by atoms with Crippen LogP contribution in [0, 0.1) is 10.5 Å². The van der Waals surface area contributed by atoms with Crippen molar-refractivity contribution in [2.24, 2.45) is 0 Å². The van der Waals surface area contributed by atoms with E-state index in [0.29, 0.717) is 9.13 Å². The fraction of sp³-hybridized carbons (Fsp3) is 0.111. The first kappa shape index (κ1) is 17.9. The number of nitrogens with zero attached hydrogens (tertiary/aromatic N) is 1. The summed E-state index contributed by atoms with van der Waals surface area (Å²) in [5.74, 6) is -0.351. The number of benzene rings is 2. The number of phenols is 1. The number of aryl methyl sites for hydroxylation is 1. The molecule has 3 amide bonds. The largest absolute Gasteiger partial charge is 0.506 e. The van der Waals surface area contributed by atoms with Gasteiger partial charge in [-0.2, -0.15) is 0 Å². The molecule has 2 aromatic rings. The van der Waals surface area contributed by atoms with Gasteiger partial charge in [-0.25, -0.2) is 4.79 Å². The second-order valence-corrected chi connectivity index (χ2v) is 7.77. The Labute approximate surface area is 167 Å². The van der Waals surface area contributed by atoms with E-state index in [1.54, 1.807) is 12.1 Å². The molecule has 2 N–H and O–H groups in total. The standard InChI is InChI=1S/C18H14BrIN2O3/c1-10-3-2-4-11(5-10)9-22-17(24)15(21-18(22)25)7-12-6-13(19)8-14(20)16(12)23/h2-8,23H,9H2,1H3,(H,21,25)/b15-7-. The Morgan fingerprint density at radius 2 is 2.04 bits per heavy atom. The molecular weight excluding hydrogens is 499 g/mol. The highest BCUT2D eigenvalue weighted by Crippen LogP contribution is 2.30. The Morgan fingerprint density at radius 1 is 1.28 bits per heavy atom. The molecule has 0 bridgehead atoms. The Balaban J connectivity index is 1.89. The fourth-order valence-corrected chi connectivity index (χ4v) is 4.11. The van der Waals surface area contributed by atoms with Gasteiger partial charge in [0, 0.05) is 10.0 Å². The number of aromatic hydroxyl groups is 1. The molecule has 0 unspecified atom stereocenters. The average Bonchev–Trinajstić information content (AvgIpc) is 2.80. The minimum Gasteiger partial charge on any atom is -0.506 e. The third-order valence-corrected chi connectivity index (χ3v) is 5.02. The molecule has 1 saturated heterocycles. The maximum absolute atomic E-state index is 12.6. The van der Waals surface area contributed by atoms with Crippen LogP contribution in [0.4, 0.5) is 4.79 Å². The van der Waals surface area contributed by atoms with Gasteiger partial charge in [-0.3, -0.25) is 9.69 Å². The van der Waals surface area contributed by atoms with E-state index in [9.17, 15) is 14.7 Å². The Hall–Kier alpha value is -1.87. The number of hydrogen-bond donors (Lipinski definition) is 2. The van der Waals surface area contributed by atoms with Gasteiger partial charge >= 0.3 is 6.03 Å². The van der Waals surface area contributed by atoms with Crippen LogP contribution in [0.15, 0.2) is 46.6 Å². The van der Waals surface area contributed by atoms with Crippen LogP contribution in [0.1, 0.15) is 16.7 Å². The summed E-state index contributed by atoms with van der Waals surface area (Å²) >= 11 is 5.36. The van der Waals surface area contributed by atoms with E-state index in [1.807, 2.05) is 53.8 Å². The molecule has 1 aliphatic heterocycles. The van der Waals surface area contributed by atoms with Crippen LogP contribution in [0.5, 0.6) is 5.75 Å². The molecule has 3 rings (SSSR count). The van der Waals surface area contributed by atoms with Crippen LogP contribution in [-0.4, -0.2) is 21.9 Å².